The summed E-state index contributed by atoms with van der Waals surface area (Å²) in [5.41, 5.74) is 0. The van der Waals surface area contributed by atoms with Crippen LogP contribution in [0.4, 0.5) is 0 Å². The minimum atomic E-state index is 0. The van der Waals surface area contributed by atoms with Gasteiger partial charge in [-0.15, -0.1) is 0 Å². The summed E-state index contributed by atoms with van der Waals surface area (Å²) in [6.45, 7) is 0. The third-order valence-corrected chi connectivity index (χ3v) is 0. The van der Waals surface area contributed by atoms with Gasteiger partial charge in [0, 0.05) is 60.4 Å². The zero-order chi connectivity index (χ0) is 0. The van der Waals surface area contributed by atoms with Gasteiger partial charge in [0.2, 0.25) is 0 Å². The summed E-state index contributed by atoms with van der Waals surface area (Å²) in [6, 6.07) is 0. The average molecular weight is 171 g/mol. The van der Waals surface area contributed by atoms with Crippen LogP contribution in [0.1, 0.15) is 0 Å². The van der Waals surface area contributed by atoms with Crippen LogP contribution in [0, 0.1) is 7.43 Å². The van der Waals surface area contributed by atoms with Gasteiger partial charge in [-0.1, -0.05) is 0 Å². The van der Waals surface area contributed by atoms with Crippen LogP contribution in [0.5, 0.6) is 0 Å². The van der Waals surface area contributed by atoms with Gasteiger partial charge in [0.05, 0.1) is 0 Å². The molecule has 0 heterocycles. The van der Waals surface area contributed by atoms with Crippen LogP contribution in [0.2, 0.25) is 0 Å². The van der Waals surface area contributed by atoms with E-state index in [0.29, 0.717) is 0 Å². The first-order valence-electron chi connectivity index (χ1n) is 0. The van der Waals surface area contributed by atoms with Gasteiger partial charge >= 0.3 is 0 Å². The molecule has 0 atom stereocenters. The molecular weight excluding hydrogens is 171 g/mol. The predicted octanol–water partition coefficient (Wildman–Crippen LogP) is 0.0738. The average Bonchev–Trinajstić information content (AvgIpc) is 0. The molecular formula is CCrFeV. The Hall–Kier alpha value is 1.64. The Morgan fingerprint density at radius 3 is 1.00 bits per heavy atom. The van der Waals surface area contributed by atoms with E-state index in [9.17, 15) is 0 Å². The fraction of sp³-hybridized carbons (Fsp3) is 0. The maximum atomic E-state index is 0. The fourth-order valence-corrected chi connectivity index (χ4v) is 0. The molecule has 0 aromatic heterocycles. The van der Waals surface area contributed by atoms with Gasteiger partial charge in [-0.2, -0.15) is 0 Å². The Morgan fingerprint density at radius 2 is 1.00 bits per heavy atom. The van der Waals surface area contributed by atoms with Crippen molar-refractivity contribution >= 4 is 0 Å². The predicted molar refractivity (Wildman–Crippen MR) is 3.24 cm³/mol. The summed E-state index contributed by atoms with van der Waals surface area (Å²) in [4.78, 5) is 0. The molecule has 0 fully saturated rings. The van der Waals surface area contributed by atoms with Crippen LogP contribution in [-0.4, -0.2) is 0 Å². The van der Waals surface area contributed by atoms with Crippen molar-refractivity contribution in [3.63, 3.8) is 0 Å². The van der Waals surface area contributed by atoms with Crippen molar-refractivity contribution in [1.82, 2.24) is 0 Å². The van der Waals surface area contributed by atoms with Crippen LogP contribution < -0.4 is 0 Å². The Labute approximate surface area is 60.2 Å². The Morgan fingerprint density at radius 1 is 1.00 bits per heavy atom. The van der Waals surface area contributed by atoms with Crippen molar-refractivity contribution in [3.05, 3.63) is 7.43 Å². The van der Waals surface area contributed by atoms with E-state index >= 15 is 0 Å². The molecule has 0 saturated carbocycles. The molecule has 0 aliphatic carbocycles. The molecule has 0 aliphatic heterocycles. The number of hydrogen-bond acceptors (Lipinski definition) is 0. The van der Waals surface area contributed by atoms with Gasteiger partial charge < -0.3 is 0 Å². The Bertz CT molecular complexity index is 8.00. The fourth-order valence-electron chi connectivity index (χ4n) is 0. The van der Waals surface area contributed by atoms with E-state index in [1.807, 2.05) is 0 Å². The first-order chi connectivity index (χ1) is 0. The monoisotopic (exact) mass is 171 g/mol. The van der Waals surface area contributed by atoms with Crippen LogP contribution in [0.15, 0.2) is 0 Å². The van der Waals surface area contributed by atoms with Gasteiger partial charge in [-0.05, 0) is 0 Å². The summed E-state index contributed by atoms with van der Waals surface area (Å²) in [5.74, 6) is 0. The van der Waals surface area contributed by atoms with E-state index in [0.717, 1.165) is 0 Å². The molecule has 0 bridgehead atoms. The summed E-state index contributed by atoms with van der Waals surface area (Å²) in [7, 11) is 0. The van der Waals surface area contributed by atoms with Crippen molar-refractivity contribution in [2.75, 3.05) is 0 Å². The van der Waals surface area contributed by atoms with Gasteiger partial charge in [0.15, 0.2) is 0 Å². The van der Waals surface area contributed by atoms with Gasteiger partial charge in [-0.3, -0.25) is 0 Å². The first kappa shape index (κ1) is 45.2. The SMILES string of the molecule is [C].[Cr].[Fe].[V]. The van der Waals surface area contributed by atoms with Gasteiger partial charge in [-0.25, -0.2) is 0 Å². The minimum absolute atomic E-state index is 0. The quantitative estimate of drug-likeness (QED) is 0.452. The summed E-state index contributed by atoms with van der Waals surface area (Å²) < 4.78 is 0. The smallest absolute Gasteiger partial charge is 0 e. The van der Waals surface area contributed by atoms with Crippen molar-refractivity contribution < 1.29 is 53.0 Å². The standard InChI is InChI=1S/C.Cr.Fe.V. The van der Waals surface area contributed by atoms with Crippen LogP contribution >= 0.6 is 0 Å². The van der Waals surface area contributed by atoms with Gasteiger partial charge in [0.1, 0.15) is 0 Å². The van der Waals surface area contributed by atoms with Crippen molar-refractivity contribution in [1.29, 1.82) is 0 Å². The molecule has 0 amide bonds. The van der Waals surface area contributed by atoms with Crippen molar-refractivity contribution in [2.24, 2.45) is 0 Å². The summed E-state index contributed by atoms with van der Waals surface area (Å²) in [5, 5.41) is 0. The largest absolute Gasteiger partial charge is 0 e. The van der Waals surface area contributed by atoms with Crippen LogP contribution in [0.25, 0.3) is 0 Å². The normalized spacial score (nSPS) is 0. The third-order valence-electron chi connectivity index (χ3n) is 0. The third kappa shape index (κ3) is 9.44. The molecule has 5 radical (unpaired) electrons. The second-order valence-corrected chi connectivity index (χ2v) is 0. The Kier molecular flexibility index (Phi) is 259. The van der Waals surface area contributed by atoms with E-state index in [1.54, 1.807) is 0 Å². The summed E-state index contributed by atoms with van der Waals surface area (Å²) >= 11 is 0. The van der Waals surface area contributed by atoms with Crippen LogP contribution in [0.3, 0.4) is 0 Å². The maximum Gasteiger partial charge on any atom is 0 e. The molecule has 0 N–H and O–H groups in total. The maximum absolute atomic E-state index is 0. The van der Waals surface area contributed by atoms with E-state index in [1.165, 1.54) is 0 Å². The second-order valence-electron chi connectivity index (χ2n) is 0. The van der Waals surface area contributed by atoms with Crippen molar-refractivity contribution in [3.8, 4) is 0 Å². The molecule has 4 heavy (non-hydrogen) atoms. The van der Waals surface area contributed by atoms with Crippen molar-refractivity contribution in [2.45, 2.75) is 0 Å². The molecule has 3 heteroatoms. The van der Waals surface area contributed by atoms with E-state index < -0.39 is 0 Å². The zero-order valence-electron chi connectivity index (χ0n) is 1.71. The Balaban J connectivity index is 0. The molecule has 0 saturated heterocycles. The number of rotatable bonds is 0. The summed E-state index contributed by atoms with van der Waals surface area (Å²) in [6.07, 6.45) is 0. The van der Waals surface area contributed by atoms with E-state index in [4.69, 9.17) is 0 Å². The molecule has 0 nitrogen and oxygen atoms in total. The molecule has 23 valence electrons. The second kappa shape index (κ2) is 22.9. The zero-order valence-corrected chi connectivity index (χ0v) is 5.48. The molecule has 0 aromatic carbocycles. The molecule has 0 rings (SSSR count). The van der Waals surface area contributed by atoms with Gasteiger partial charge in [0.25, 0.3) is 0 Å². The first-order valence-corrected chi connectivity index (χ1v) is 0. The molecule has 0 spiro atoms. The molecule has 0 aliphatic rings. The topological polar surface area (TPSA) is 0 Å². The van der Waals surface area contributed by atoms with Crippen LogP contribution in [-0.2, 0) is 53.0 Å². The number of hydrogen-bond donors (Lipinski definition) is 0. The van der Waals surface area contributed by atoms with E-state index in [-0.39, 0.29) is 60.4 Å². The molecule has 0 unspecified atom stereocenters. The van der Waals surface area contributed by atoms with E-state index in [2.05, 4.69) is 0 Å². The minimum Gasteiger partial charge on any atom is 0 e. The molecule has 0 aromatic rings.